The molecule has 0 unspecified atom stereocenters. The van der Waals surface area contributed by atoms with Gasteiger partial charge in [0.1, 0.15) is 13.1 Å². The molecule has 0 bridgehead atoms. The van der Waals surface area contributed by atoms with E-state index >= 15 is 0 Å². The molecule has 0 atom stereocenters. The first-order valence-corrected chi connectivity index (χ1v) is 8.11. The average molecular weight is 352 g/mol. The van der Waals surface area contributed by atoms with Crippen LogP contribution in [0.4, 0.5) is 16.3 Å². The smallest absolute Gasteiger partial charge is 0.317 e. The van der Waals surface area contributed by atoms with Crippen molar-refractivity contribution in [2.75, 3.05) is 36.4 Å². The van der Waals surface area contributed by atoms with Crippen molar-refractivity contribution < 1.29 is 9.78 Å². The van der Waals surface area contributed by atoms with Crippen LogP contribution in [0.5, 0.6) is 0 Å². The molecule has 7 heteroatoms. The van der Waals surface area contributed by atoms with Crippen molar-refractivity contribution in [1.29, 1.82) is 0 Å². The molecule has 120 valence electrons. The summed E-state index contributed by atoms with van der Waals surface area (Å²) in [5.41, 5.74) is 0.603. The Morgan fingerprint density at radius 2 is 1.74 bits per heavy atom. The molecule has 2 N–H and O–H groups in total. The van der Waals surface area contributed by atoms with Gasteiger partial charge >= 0.3 is 6.03 Å². The number of amides is 2. The second kappa shape index (κ2) is 7.06. The standard InChI is InChI=1S/C16H16Cl2N4O/c17-12-9-13(18)11-14(10-12)20-16(23)22-7-5-21(6-8-22)15-3-1-2-4-19-15/h1-4,9-11H,5-8H2,(H,20,23)/p+1. The highest BCUT2D eigenvalue weighted by Crippen LogP contribution is 2.23. The highest BCUT2D eigenvalue weighted by molar-refractivity contribution is 6.35. The van der Waals surface area contributed by atoms with Crippen LogP contribution in [0.25, 0.3) is 0 Å². The topological polar surface area (TPSA) is 49.7 Å². The summed E-state index contributed by atoms with van der Waals surface area (Å²) >= 11 is 11.9. The molecule has 0 radical (unpaired) electrons. The summed E-state index contributed by atoms with van der Waals surface area (Å²) in [6, 6.07) is 10.8. The second-order valence-electron chi connectivity index (χ2n) is 5.31. The maximum atomic E-state index is 12.3. The van der Waals surface area contributed by atoms with E-state index in [1.54, 1.807) is 23.1 Å². The Labute approximate surface area is 144 Å². The Bertz CT molecular complexity index is 667. The van der Waals surface area contributed by atoms with Crippen LogP contribution >= 0.6 is 23.2 Å². The van der Waals surface area contributed by atoms with Gasteiger partial charge in [-0.25, -0.2) is 9.78 Å². The SMILES string of the molecule is O=C(Nc1cc(Cl)cc(Cl)c1)N1CCN(c2cccc[nH+]2)CC1. The van der Waals surface area contributed by atoms with Crippen LogP contribution < -0.4 is 15.2 Å². The van der Waals surface area contributed by atoms with E-state index in [4.69, 9.17) is 23.2 Å². The van der Waals surface area contributed by atoms with E-state index in [1.165, 1.54) is 0 Å². The van der Waals surface area contributed by atoms with E-state index in [0.717, 1.165) is 18.9 Å². The van der Waals surface area contributed by atoms with Gasteiger partial charge in [0.2, 0.25) is 0 Å². The van der Waals surface area contributed by atoms with Gasteiger partial charge < -0.3 is 10.2 Å². The molecule has 2 heterocycles. The highest BCUT2D eigenvalue weighted by Gasteiger charge is 2.26. The Morgan fingerprint density at radius 1 is 1.04 bits per heavy atom. The number of anilines is 2. The van der Waals surface area contributed by atoms with Crippen molar-refractivity contribution in [3.8, 4) is 0 Å². The fraction of sp³-hybridized carbons (Fsp3) is 0.250. The third kappa shape index (κ3) is 4.06. The number of aromatic nitrogens is 1. The van der Waals surface area contributed by atoms with E-state index < -0.39 is 0 Å². The molecule has 0 spiro atoms. The van der Waals surface area contributed by atoms with Gasteiger partial charge in [-0.1, -0.05) is 29.3 Å². The molecular weight excluding hydrogens is 335 g/mol. The molecule has 1 fully saturated rings. The fourth-order valence-corrected chi connectivity index (χ4v) is 3.09. The molecule has 2 aromatic rings. The minimum Gasteiger partial charge on any atom is -0.317 e. The van der Waals surface area contributed by atoms with Crippen LogP contribution in [0.15, 0.2) is 42.6 Å². The van der Waals surface area contributed by atoms with Crippen LogP contribution in [-0.4, -0.2) is 37.1 Å². The van der Waals surface area contributed by atoms with Crippen molar-refractivity contribution in [3.63, 3.8) is 0 Å². The molecule has 0 aliphatic carbocycles. The summed E-state index contributed by atoms with van der Waals surface area (Å²) in [4.78, 5) is 19.6. The first kappa shape index (κ1) is 15.9. The van der Waals surface area contributed by atoms with Crippen LogP contribution in [0.3, 0.4) is 0 Å². The summed E-state index contributed by atoms with van der Waals surface area (Å²) < 4.78 is 0. The van der Waals surface area contributed by atoms with E-state index in [2.05, 4.69) is 15.2 Å². The molecule has 1 aromatic heterocycles. The predicted octanol–water partition coefficient (Wildman–Crippen LogP) is 3.16. The lowest BCUT2D eigenvalue weighted by atomic mass is 10.3. The molecule has 5 nitrogen and oxygen atoms in total. The Hall–Kier alpha value is -1.98. The number of hydrogen-bond donors (Lipinski definition) is 1. The lowest BCUT2D eigenvalue weighted by Crippen LogP contribution is -2.51. The van der Waals surface area contributed by atoms with Crippen LogP contribution in [-0.2, 0) is 0 Å². The molecule has 1 aliphatic rings. The molecule has 2 amide bonds. The fourth-order valence-electron chi connectivity index (χ4n) is 2.56. The third-order valence-electron chi connectivity index (χ3n) is 3.71. The molecular formula is C16H17Cl2N4O+. The largest absolute Gasteiger partial charge is 0.322 e. The van der Waals surface area contributed by atoms with Gasteiger partial charge in [-0.05, 0) is 24.3 Å². The van der Waals surface area contributed by atoms with E-state index in [-0.39, 0.29) is 6.03 Å². The summed E-state index contributed by atoms with van der Waals surface area (Å²) in [7, 11) is 0. The second-order valence-corrected chi connectivity index (χ2v) is 6.18. The molecule has 3 rings (SSSR count). The zero-order valence-corrected chi connectivity index (χ0v) is 13.9. The van der Waals surface area contributed by atoms with Crippen molar-refractivity contribution in [2.45, 2.75) is 0 Å². The van der Waals surface area contributed by atoms with Crippen molar-refractivity contribution >= 4 is 40.7 Å². The van der Waals surface area contributed by atoms with Gasteiger partial charge in [0.05, 0.1) is 19.3 Å². The first-order valence-electron chi connectivity index (χ1n) is 7.35. The Kier molecular flexibility index (Phi) is 4.88. The lowest BCUT2D eigenvalue weighted by molar-refractivity contribution is -0.364. The number of nitrogens with zero attached hydrogens (tertiary/aromatic N) is 2. The summed E-state index contributed by atoms with van der Waals surface area (Å²) in [5.74, 6) is 1.06. The van der Waals surface area contributed by atoms with E-state index in [9.17, 15) is 4.79 Å². The third-order valence-corrected chi connectivity index (χ3v) is 4.15. The number of pyridine rings is 1. The Morgan fingerprint density at radius 3 is 2.35 bits per heavy atom. The van der Waals surface area contributed by atoms with E-state index in [0.29, 0.717) is 28.8 Å². The van der Waals surface area contributed by atoms with Crippen molar-refractivity contribution in [2.24, 2.45) is 0 Å². The monoisotopic (exact) mass is 351 g/mol. The predicted molar refractivity (Wildman–Crippen MR) is 92.3 cm³/mol. The number of piperazine rings is 1. The number of aromatic amines is 1. The highest BCUT2D eigenvalue weighted by atomic mass is 35.5. The summed E-state index contributed by atoms with van der Waals surface area (Å²) in [6.07, 6.45) is 1.90. The first-order chi connectivity index (χ1) is 11.1. The zero-order valence-electron chi connectivity index (χ0n) is 12.4. The lowest BCUT2D eigenvalue weighted by Gasteiger charge is -2.31. The summed E-state index contributed by atoms with van der Waals surface area (Å²) in [6.45, 7) is 2.88. The number of hydrogen-bond acceptors (Lipinski definition) is 2. The molecule has 0 saturated carbocycles. The maximum Gasteiger partial charge on any atom is 0.322 e. The van der Waals surface area contributed by atoms with Gasteiger partial charge in [-0.15, -0.1) is 0 Å². The quantitative estimate of drug-likeness (QED) is 0.903. The van der Waals surface area contributed by atoms with Gasteiger partial charge in [-0.2, -0.15) is 0 Å². The number of carbonyl (C=O) groups is 1. The van der Waals surface area contributed by atoms with Crippen molar-refractivity contribution in [1.82, 2.24) is 4.90 Å². The van der Waals surface area contributed by atoms with Crippen LogP contribution in [0.2, 0.25) is 10.0 Å². The van der Waals surface area contributed by atoms with Gasteiger partial charge in [-0.3, -0.25) is 4.90 Å². The van der Waals surface area contributed by atoms with Gasteiger partial charge in [0.15, 0.2) is 0 Å². The minimum atomic E-state index is -0.139. The molecule has 1 aliphatic heterocycles. The van der Waals surface area contributed by atoms with Crippen LogP contribution in [0.1, 0.15) is 0 Å². The number of carbonyl (C=O) groups excluding carboxylic acids is 1. The number of rotatable bonds is 2. The minimum absolute atomic E-state index is 0.139. The number of nitrogens with one attached hydrogen (secondary N) is 2. The Balaban J connectivity index is 1.58. The number of benzene rings is 1. The molecule has 1 aromatic carbocycles. The maximum absolute atomic E-state index is 12.3. The average Bonchev–Trinajstić information content (AvgIpc) is 2.55. The molecule has 23 heavy (non-hydrogen) atoms. The van der Waals surface area contributed by atoms with Crippen LogP contribution in [0, 0.1) is 0 Å². The number of urea groups is 1. The number of H-pyrrole nitrogens is 1. The van der Waals surface area contributed by atoms with E-state index in [1.807, 2.05) is 24.4 Å². The number of halogens is 2. The van der Waals surface area contributed by atoms with Gasteiger partial charge in [0.25, 0.3) is 5.82 Å². The van der Waals surface area contributed by atoms with Crippen molar-refractivity contribution in [3.05, 3.63) is 52.6 Å². The molecule has 1 saturated heterocycles. The zero-order chi connectivity index (χ0) is 16.2. The summed E-state index contributed by atoms with van der Waals surface area (Å²) in [5, 5.41) is 3.83. The van der Waals surface area contributed by atoms with Gasteiger partial charge in [0, 0.05) is 21.8 Å². The normalized spacial score (nSPS) is 14.7.